The standard InChI is InChI=1S/C16H24OS/c17-16(13-15-9-11-18-12-10-15)8-4-7-14-5-2-1-3-6-14/h1-3,5-6,15-17H,4,7-13H2. The molecule has 0 radical (unpaired) electrons. The molecule has 1 aromatic rings. The summed E-state index contributed by atoms with van der Waals surface area (Å²) in [5.41, 5.74) is 1.39. The summed E-state index contributed by atoms with van der Waals surface area (Å²) < 4.78 is 0. The third kappa shape index (κ3) is 5.03. The summed E-state index contributed by atoms with van der Waals surface area (Å²) in [5, 5.41) is 10.1. The number of rotatable bonds is 6. The van der Waals surface area contributed by atoms with Crippen LogP contribution < -0.4 is 0 Å². The van der Waals surface area contributed by atoms with Crippen molar-refractivity contribution >= 4 is 11.8 Å². The lowest BCUT2D eigenvalue weighted by Gasteiger charge is -2.23. The largest absolute Gasteiger partial charge is 0.393 e. The highest BCUT2D eigenvalue weighted by atomic mass is 32.2. The van der Waals surface area contributed by atoms with Crippen LogP contribution in [0.25, 0.3) is 0 Å². The fourth-order valence-corrected chi connectivity index (χ4v) is 3.88. The van der Waals surface area contributed by atoms with Gasteiger partial charge >= 0.3 is 0 Å². The molecule has 2 rings (SSSR count). The Morgan fingerprint density at radius 2 is 1.89 bits per heavy atom. The Hall–Kier alpha value is -0.470. The van der Waals surface area contributed by atoms with Crippen molar-refractivity contribution in [1.29, 1.82) is 0 Å². The van der Waals surface area contributed by atoms with Crippen LogP contribution in [0.4, 0.5) is 0 Å². The number of aliphatic hydroxyl groups is 1. The fourth-order valence-electron chi connectivity index (χ4n) is 2.67. The van der Waals surface area contributed by atoms with E-state index in [-0.39, 0.29) is 6.10 Å². The van der Waals surface area contributed by atoms with Gasteiger partial charge in [0, 0.05) is 0 Å². The average molecular weight is 264 g/mol. The van der Waals surface area contributed by atoms with Crippen LogP contribution in [0.1, 0.15) is 37.7 Å². The zero-order valence-electron chi connectivity index (χ0n) is 11.1. The normalized spacial score (nSPS) is 18.7. The van der Waals surface area contributed by atoms with E-state index in [2.05, 4.69) is 42.1 Å². The van der Waals surface area contributed by atoms with Crippen molar-refractivity contribution in [3.63, 3.8) is 0 Å². The van der Waals surface area contributed by atoms with Crippen molar-refractivity contribution in [3.05, 3.63) is 35.9 Å². The van der Waals surface area contributed by atoms with Gasteiger partial charge in [0.2, 0.25) is 0 Å². The Morgan fingerprint density at radius 1 is 1.17 bits per heavy atom. The molecule has 0 aromatic heterocycles. The van der Waals surface area contributed by atoms with E-state index in [9.17, 15) is 5.11 Å². The summed E-state index contributed by atoms with van der Waals surface area (Å²) in [6.07, 6.45) is 6.71. The minimum absolute atomic E-state index is 0.0817. The van der Waals surface area contributed by atoms with Gasteiger partial charge in [-0.25, -0.2) is 0 Å². The molecule has 1 atom stereocenters. The molecule has 1 aromatic carbocycles. The lowest BCUT2D eigenvalue weighted by molar-refractivity contribution is 0.128. The van der Waals surface area contributed by atoms with Crippen LogP contribution in [0.15, 0.2) is 30.3 Å². The van der Waals surface area contributed by atoms with E-state index in [1.165, 1.54) is 29.9 Å². The van der Waals surface area contributed by atoms with Crippen molar-refractivity contribution in [3.8, 4) is 0 Å². The first-order valence-corrected chi connectivity index (χ1v) is 8.30. The molecule has 0 spiro atoms. The number of benzene rings is 1. The molecule has 1 N–H and O–H groups in total. The smallest absolute Gasteiger partial charge is 0.0543 e. The Bertz CT molecular complexity index is 319. The van der Waals surface area contributed by atoms with Gasteiger partial charge in [-0.3, -0.25) is 0 Å². The monoisotopic (exact) mass is 264 g/mol. The molecule has 1 fully saturated rings. The Kier molecular flexibility index (Phi) is 6.09. The Morgan fingerprint density at radius 3 is 2.61 bits per heavy atom. The van der Waals surface area contributed by atoms with Gasteiger partial charge in [0.25, 0.3) is 0 Å². The molecule has 0 aliphatic carbocycles. The molecule has 1 nitrogen and oxygen atoms in total. The van der Waals surface area contributed by atoms with E-state index in [4.69, 9.17) is 0 Å². The van der Waals surface area contributed by atoms with Gasteiger partial charge in [-0.1, -0.05) is 30.3 Å². The van der Waals surface area contributed by atoms with Gasteiger partial charge < -0.3 is 5.11 Å². The van der Waals surface area contributed by atoms with E-state index in [0.717, 1.165) is 31.6 Å². The minimum atomic E-state index is -0.0817. The second-order valence-corrected chi connectivity index (χ2v) is 6.55. The SMILES string of the molecule is OC(CCCc1ccccc1)CC1CCSCC1. The van der Waals surface area contributed by atoms with Crippen LogP contribution in [0.5, 0.6) is 0 Å². The van der Waals surface area contributed by atoms with Gasteiger partial charge in [0.1, 0.15) is 0 Å². The summed E-state index contributed by atoms with van der Waals surface area (Å²) in [6, 6.07) is 10.6. The van der Waals surface area contributed by atoms with Gasteiger partial charge in [0.05, 0.1) is 6.10 Å². The summed E-state index contributed by atoms with van der Waals surface area (Å²) in [4.78, 5) is 0. The second kappa shape index (κ2) is 7.85. The molecule has 1 aliphatic heterocycles. The van der Waals surface area contributed by atoms with Crippen LogP contribution in [-0.2, 0) is 6.42 Å². The predicted octanol–water partition coefficient (Wildman–Crippen LogP) is 3.90. The van der Waals surface area contributed by atoms with Crippen LogP contribution in [0.2, 0.25) is 0 Å². The zero-order chi connectivity index (χ0) is 12.6. The van der Waals surface area contributed by atoms with Crippen molar-refractivity contribution in [2.45, 2.75) is 44.6 Å². The van der Waals surface area contributed by atoms with Crippen molar-refractivity contribution in [2.24, 2.45) is 5.92 Å². The molecule has 18 heavy (non-hydrogen) atoms. The molecule has 1 saturated heterocycles. The number of aryl methyl sites for hydroxylation is 1. The number of aliphatic hydroxyl groups excluding tert-OH is 1. The minimum Gasteiger partial charge on any atom is -0.393 e. The summed E-state index contributed by atoms with van der Waals surface area (Å²) in [7, 11) is 0. The highest BCUT2D eigenvalue weighted by Crippen LogP contribution is 2.27. The van der Waals surface area contributed by atoms with Gasteiger partial charge in [0.15, 0.2) is 0 Å². The maximum Gasteiger partial charge on any atom is 0.0543 e. The van der Waals surface area contributed by atoms with Gasteiger partial charge in [-0.05, 0) is 61.5 Å². The van der Waals surface area contributed by atoms with Crippen LogP contribution in [0, 0.1) is 5.92 Å². The molecule has 0 saturated carbocycles. The average Bonchev–Trinajstić information content (AvgIpc) is 2.41. The van der Waals surface area contributed by atoms with E-state index in [1.807, 2.05) is 0 Å². The van der Waals surface area contributed by atoms with Crippen LogP contribution in [-0.4, -0.2) is 22.7 Å². The first kappa shape index (κ1) is 14.0. The first-order valence-electron chi connectivity index (χ1n) is 7.14. The number of thioether (sulfide) groups is 1. The zero-order valence-corrected chi connectivity index (χ0v) is 11.9. The van der Waals surface area contributed by atoms with E-state index < -0.39 is 0 Å². The van der Waals surface area contributed by atoms with Crippen LogP contribution >= 0.6 is 11.8 Å². The summed E-state index contributed by atoms with van der Waals surface area (Å²) in [6.45, 7) is 0. The molecule has 0 amide bonds. The second-order valence-electron chi connectivity index (χ2n) is 5.32. The van der Waals surface area contributed by atoms with Crippen LogP contribution in [0.3, 0.4) is 0 Å². The highest BCUT2D eigenvalue weighted by molar-refractivity contribution is 7.99. The molecular formula is C16H24OS. The molecule has 1 unspecified atom stereocenters. The molecule has 1 heterocycles. The third-order valence-corrected chi connectivity index (χ3v) is 4.84. The molecule has 100 valence electrons. The number of hydrogen-bond acceptors (Lipinski definition) is 2. The third-order valence-electron chi connectivity index (χ3n) is 3.79. The van der Waals surface area contributed by atoms with E-state index in [0.29, 0.717) is 0 Å². The maximum absolute atomic E-state index is 10.1. The van der Waals surface area contributed by atoms with E-state index >= 15 is 0 Å². The Balaban J connectivity index is 1.61. The van der Waals surface area contributed by atoms with Crippen molar-refractivity contribution < 1.29 is 5.11 Å². The topological polar surface area (TPSA) is 20.2 Å². The molecule has 2 heteroatoms. The molecule has 0 bridgehead atoms. The first-order chi connectivity index (χ1) is 8.84. The van der Waals surface area contributed by atoms with E-state index in [1.54, 1.807) is 0 Å². The molecule has 1 aliphatic rings. The lowest BCUT2D eigenvalue weighted by Crippen LogP contribution is -2.17. The highest BCUT2D eigenvalue weighted by Gasteiger charge is 2.17. The predicted molar refractivity (Wildman–Crippen MR) is 80.1 cm³/mol. The fraction of sp³-hybridized carbons (Fsp3) is 0.625. The molecular weight excluding hydrogens is 240 g/mol. The number of hydrogen-bond donors (Lipinski definition) is 1. The quantitative estimate of drug-likeness (QED) is 0.841. The lowest BCUT2D eigenvalue weighted by atomic mass is 9.93. The van der Waals surface area contributed by atoms with Crippen molar-refractivity contribution in [2.75, 3.05) is 11.5 Å². The maximum atomic E-state index is 10.1. The summed E-state index contributed by atoms with van der Waals surface area (Å²) >= 11 is 2.06. The van der Waals surface area contributed by atoms with Crippen molar-refractivity contribution in [1.82, 2.24) is 0 Å². The summed E-state index contributed by atoms with van der Waals surface area (Å²) in [5.74, 6) is 3.36. The Labute approximate surface area is 115 Å². The van der Waals surface area contributed by atoms with Gasteiger partial charge in [-0.2, -0.15) is 11.8 Å². The van der Waals surface area contributed by atoms with Gasteiger partial charge in [-0.15, -0.1) is 0 Å².